The number of piperidine rings is 1. The van der Waals surface area contributed by atoms with E-state index in [9.17, 15) is 14.7 Å². The Balaban J connectivity index is 1.55. The zero-order valence-corrected chi connectivity index (χ0v) is 12.6. The van der Waals surface area contributed by atoms with Crippen LogP contribution in [0.2, 0.25) is 0 Å². The van der Waals surface area contributed by atoms with Crippen LogP contribution in [0.3, 0.4) is 0 Å². The molecule has 0 aromatic rings. The first-order valence-electron chi connectivity index (χ1n) is 8.42. The largest absolute Gasteiger partial charge is 0.480 e. The summed E-state index contributed by atoms with van der Waals surface area (Å²) in [6, 6.07) is -0.133. The van der Waals surface area contributed by atoms with Gasteiger partial charge in [-0.05, 0) is 50.4 Å². The van der Waals surface area contributed by atoms with Gasteiger partial charge in [-0.2, -0.15) is 0 Å². The summed E-state index contributed by atoms with van der Waals surface area (Å²) in [5, 5.41) is 12.2. The molecule has 2 N–H and O–H groups in total. The van der Waals surface area contributed by atoms with Gasteiger partial charge in [0.2, 0.25) is 5.91 Å². The fourth-order valence-electron chi connectivity index (χ4n) is 4.12. The van der Waals surface area contributed by atoms with Crippen LogP contribution in [0, 0.1) is 11.8 Å². The predicted octanol–water partition coefficient (Wildman–Crippen LogP) is 1.62. The molecule has 5 nitrogen and oxygen atoms in total. The zero-order chi connectivity index (χ0) is 14.8. The van der Waals surface area contributed by atoms with Crippen LogP contribution in [0.4, 0.5) is 0 Å². The Morgan fingerprint density at radius 2 is 1.81 bits per heavy atom. The first kappa shape index (κ1) is 14.8. The van der Waals surface area contributed by atoms with E-state index in [1.165, 1.54) is 25.7 Å². The molecule has 1 amide bonds. The number of hydrogen-bond acceptors (Lipinski definition) is 3. The summed E-state index contributed by atoms with van der Waals surface area (Å²) in [4.78, 5) is 25.7. The van der Waals surface area contributed by atoms with Gasteiger partial charge in [-0.1, -0.05) is 12.8 Å². The van der Waals surface area contributed by atoms with Crippen molar-refractivity contribution in [3.63, 3.8) is 0 Å². The third-order valence-corrected chi connectivity index (χ3v) is 5.40. The normalized spacial score (nSPS) is 30.6. The van der Waals surface area contributed by atoms with Gasteiger partial charge in [0.05, 0.1) is 6.54 Å². The average molecular weight is 294 g/mol. The molecule has 1 aliphatic heterocycles. The van der Waals surface area contributed by atoms with Gasteiger partial charge in [0, 0.05) is 12.6 Å². The number of nitrogens with one attached hydrogen (secondary N) is 1. The fraction of sp³-hybridized carbons (Fsp3) is 0.875. The maximum atomic E-state index is 12.5. The monoisotopic (exact) mass is 294 g/mol. The molecule has 0 aromatic heterocycles. The number of amides is 1. The molecule has 0 bridgehead atoms. The molecule has 1 saturated heterocycles. The number of carboxylic acids is 1. The topological polar surface area (TPSA) is 69.6 Å². The van der Waals surface area contributed by atoms with Crippen LogP contribution in [-0.2, 0) is 9.59 Å². The number of fused-ring (bicyclic) bond motifs is 1. The standard InChI is InChI=1S/C16H26N2O3/c19-14(10-17-15(16(20)21)12-7-8-12)18-9-3-5-11-4-1-2-6-13(11)18/h11-13,15,17H,1-10H2,(H,20,21). The highest BCUT2D eigenvalue weighted by atomic mass is 16.4. The number of carboxylic acid groups (broad SMARTS) is 1. The molecule has 0 aromatic carbocycles. The Bertz CT molecular complexity index is 406. The lowest BCUT2D eigenvalue weighted by Crippen LogP contribution is -2.53. The summed E-state index contributed by atoms with van der Waals surface area (Å²) in [5.74, 6) is 0.173. The van der Waals surface area contributed by atoms with Crippen LogP contribution < -0.4 is 5.32 Å². The fourth-order valence-corrected chi connectivity index (χ4v) is 4.12. The van der Waals surface area contributed by atoms with Gasteiger partial charge in [-0.3, -0.25) is 14.9 Å². The van der Waals surface area contributed by atoms with Gasteiger partial charge in [-0.25, -0.2) is 0 Å². The summed E-state index contributed by atoms with van der Waals surface area (Å²) in [6.07, 6.45) is 9.17. The van der Waals surface area contributed by atoms with Gasteiger partial charge < -0.3 is 10.0 Å². The minimum absolute atomic E-state index is 0.0958. The van der Waals surface area contributed by atoms with E-state index in [1.807, 2.05) is 4.90 Å². The van der Waals surface area contributed by atoms with Crippen molar-refractivity contribution in [2.45, 2.75) is 63.5 Å². The van der Waals surface area contributed by atoms with E-state index in [4.69, 9.17) is 0 Å². The number of rotatable bonds is 5. The minimum Gasteiger partial charge on any atom is -0.480 e. The molecule has 118 valence electrons. The second-order valence-electron chi connectivity index (χ2n) is 6.88. The van der Waals surface area contributed by atoms with Gasteiger partial charge >= 0.3 is 5.97 Å². The Morgan fingerprint density at radius 1 is 1.10 bits per heavy atom. The van der Waals surface area contributed by atoms with Crippen LogP contribution in [-0.4, -0.2) is 47.1 Å². The van der Waals surface area contributed by atoms with Crippen LogP contribution >= 0.6 is 0 Å². The third kappa shape index (κ3) is 3.39. The van der Waals surface area contributed by atoms with Gasteiger partial charge in [-0.15, -0.1) is 0 Å². The number of carbonyl (C=O) groups excluding carboxylic acids is 1. The van der Waals surface area contributed by atoms with E-state index in [0.29, 0.717) is 12.0 Å². The Hall–Kier alpha value is -1.10. The van der Waals surface area contributed by atoms with E-state index < -0.39 is 12.0 Å². The van der Waals surface area contributed by atoms with Crippen molar-refractivity contribution in [1.29, 1.82) is 0 Å². The average Bonchev–Trinajstić information content (AvgIpc) is 3.31. The van der Waals surface area contributed by atoms with Crippen LogP contribution in [0.1, 0.15) is 51.4 Å². The van der Waals surface area contributed by atoms with Gasteiger partial charge in [0.25, 0.3) is 0 Å². The Labute approximate surface area is 126 Å². The molecule has 2 saturated carbocycles. The second-order valence-corrected chi connectivity index (χ2v) is 6.88. The summed E-state index contributed by atoms with van der Waals surface area (Å²) in [7, 11) is 0. The highest BCUT2D eigenvalue weighted by Crippen LogP contribution is 2.35. The lowest BCUT2D eigenvalue weighted by atomic mass is 9.78. The molecular formula is C16H26N2O3. The number of likely N-dealkylation sites (tertiary alicyclic amines) is 1. The van der Waals surface area contributed by atoms with Gasteiger partial charge in [0.15, 0.2) is 0 Å². The summed E-state index contributed by atoms with van der Waals surface area (Å²) >= 11 is 0. The summed E-state index contributed by atoms with van der Waals surface area (Å²) in [6.45, 7) is 1.03. The minimum atomic E-state index is -0.820. The van der Waals surface area contributed by atoms with E-state index >= 15 is 0 Å². The highest BCUT2D eigenvalue weighted by molar-refractivity contribution is 5.80. The van der Waals surface area contributed by atoms with Crippen molar-refractivity contribution in [3.05, 3.63) is 0 Å². The van der Waals surface area contributed by atoms with Crippen molar-refractivity contribution in [2.75, 3.05) is 13.1 Å². The SMILES string of the molecule is O=C(O)C(NCC(=O)N1CCCC2CCCCC21)C1CC1. The third-order valence-electron chi connectivity index (χ3n) is 5.40. The van der Waals surface area contributed by atoms with Gasteiger partial charge in [0.1, 0.15) is 6.04 Å². The van der Waals surface area contributed by atoms with Crippen molar-refractivity contribution in [3.8, 4) is 0 Å². The van der Waals surface area contributed by atoms with E-state index in [1.54, 1.807) is 0 Å². The lowest BCUT2D eigenvalue weighted by Gasteiger charge is -2.44. The van der Waals surface area contributed by atoms with Crippen LogP contribution in [0.5, 0.6) is 0 Å². The highest BCUT2D eigenvalue weighted by Gasteiger charge is 2.38. The first-order chi connectivity index (χ1) is 10.2. The quantitative estimate of drug-likeness (QED) is 0.808. The first-order valence-corrected chi connectivity index (χ1v) is 8.42. The van der Waals surface area contributed by atoms with Crippen molar-refractivity contribution in [1.82, 2.24) is 10.2 Å². The molecule has 1 heterocycles. The molecule has 2 aliphatic carbocycles. The molecule has 0 spiro atoms. The molecule has 3 rings (SSSR count). The molecule has 3 atom stereocenters. The maximum absolute atomic E-state index is 12.5. The summed E-state index contributed by atoms with van der Waals surface area (Å²) < 4.78 is 0. The maximum Gasteiger partial charge on any atom is 0.320 e. The number of hydrogen-bond donors (Lipinski definition) is 2. The zero-order valence-electron chi connectivity index (χ0n) is 12.6. The Kier molecular flexibility index (Phi) is 4.48. The van der Waals surface area contributed by atoms with Crippen LogP contribution in [0.25, 0.3) is 0 Å². The summed E-state index contributed by atoms with van der Waals surface area (Å²) in [5.41, 5.74) is 0. The molecular weight excluding hydrogens is 268 g/mol. The number of nitrogens with zero attached hydrogens (tertiary/aromatic N) is 1. The van der Waals surface area contributed by atoms with Crippen molar-refractivity contribution >= 4 is 11.9 Å². The molecule has 3 aliphatic rings. The number of aliphatic carboxylic acids is 1. The smallest absolute Gasteiger partial charge is 0.320 e. The van der Waals surface area contributed by atoms with Crippen molar-refractivity contribution in [2.24, 2.45) is 11.8 Å². The number of carbonyl (C=O) groups is 2. The molecule has 5 heteroatoms. The Morgan fingerprint density at radius 3 is 2.52 bits per heavy atom. The van der Waals surface area contributed by atoms with E-state index in [0.717, 1.165) is 32.2 Å². The van der Waals surface area contributed by atoms with E-state index in [-0.39, 0.29) is 18.4 Å². The van der Waals surface area contributed by atoms with Crippen molar-refractivity contribution < 1.29 is 14.7 Å². The molecule has 3 unspecified atom stereocenters. The van der Waals surface area contributed by atoms with Crippen LogP contribution in [0.15, 0.2) is 0 Å². The molecule has 3 fully saturated rings. The second kappa shape index (κ2) is 6.34. The van der Waals surface area contributed by atoms with E-state index in [2.05, 4.69) is 5.32 Å². The lowest BCUT2D eigenvalue weighted by molar-refractivity contribution is -0.141. The predicted molar refractivity (Wildman–Crippen MR) is 78.8 cm³/mol. The molecule has 0 radical (unpaired) electrons. The molecule has 21 heavy (non-hydrogen) atoms.